The normalized spacial score (nSPS) is 20.3. The number of carbonyl (C=O) groups excluding carboxylic acids is 1. The Morgan fingerprint density at radius 1 is 1.23 bits per heavy atom. The van der Waals surface area contributed by atoms with Gasteiger partial charge < -0.3 is 15.4 Å². The number of carbonyl (C=O) groups is 1. The highest BCUT2D eigenvalue weighted by atomic mass is 16.5. The zero-order valence-corrected chi connectivity index (χ0v) is 13.8. The van der Waals surface area contributed by atoms with Crippen molar-refractivity contribution in [3.8, 4) is 5.75 Å². The summed E-state index contributed by atoms with van der Waals surface area (Å²) in [6.45, 7) is 2.94. The number of nitrogens with zero attached hydrogens (tertiary/aromatic N) is 1. The molecule has 1 saturated carbocycles. The summed E-state index contributed by atoms with van der Waals surface area (Å²) in [6.07, 6.45) is 6.59. The van der Waals surface area contributed by atoms with Gasteiger partial charge >= 0.3 is 0 Å². The molecule has 0 aromatic heterocycles. The van der Waals surface area contributed by atoms with E-state index in [1.807, 2.05) is 36.2 Å². The van der Waals surface area contributed by atoms with Crippen LogP contribution in [-0.2, 0) is 0 Å². The Bertz CT molecular complexity index is 466. The molecule has 122 valence electrons. The molecule has 1 aromatic carbocycles. The van der Waals surface area contributed by atoms with Crippen molar-refractivity contribution in [2.75, 3.05) is 13.7 Å². The van der Waals surface area contributed by atoms with Gasteiger partial charge in [0.1, 0.15) is 5.75 Å². The third-order valence-electron chi connectivity index (χ3n) is 4.39. The Labute approximate surface area is 133 Å². The largest absolute Gasteiger partial charge is 0.494 e. The Kier molecular flexibility index (Phi) is 6.25. The molecule has 1 amide bonds. The molecule has 0 atom stereocenters. The lowest BCUT2D eigenvalue weighted by molar-refractivity contribution is 0.0625. The molecule has 1 aliphatic rings. The fraction of sp³-hybridized carbons (Fsp3) is 0.611. The van der Waals surface area contributed by atoms with Crippen molar-refractivity contribution in [2.24, 2.45) is 5.73 Å². The lowest BCUT2D eigenvalue weighted by atomic mass is 9.86. The highest BCUT2D eigenvalue weighted by Gasteiger charge is 2.32. The second kappa shape index (κ2) is 8.18. The number of amides is 1. The molecule has 0 heterocycles. The maximum Gasteiger partial charge on any atom is 0.253 e. The van der Waals surface area contributed by atoms with E-state index in [1.165, 1.54) is 19.3 Å². The first kappa shape index (κ1) is 16.8. The van der Waals surface area contributed by atoms with Gasteiger partial charge in [0.15, 0.2) is 0 Å². The quantitative estimate of drug-likeness (QED) is 0.750. The SMILES string of the molecule is CCCCCCOc1ccc(C(=O)N(C)C2CC(N)C2)cc1. The van der Waals surface area contributed by atoms with Gasteiger partial charge in [0.2, 0.25) is 0 Å². The first-order chi connectivity index (χ1) is 10.6. The fourth-order valence-corrected chi connectivity index (χ4v) is 2.73. The minimum atomic E-state index is 0.0615. The van der Waals surface area contributed by atoms with Crippen molar-refractivity contribution >= 4 is 5.91 Å². The van der Waals surface area contributed by atoms with Crippen LogP contribution in [0.1, 0.15) is 55.8 Å². The Hall–Kier alpha value is -1.55. The summed E-state index contributed by atoms with van der Waals surface area (Å²) in [5.41, 5.74) is 6.50. The number of nitrogens with two attached hydrogens (primary N) is 1. The van der Waals surface area contributed by atoms with Crippen molar-refractivity contribution < 1.29 is 9.53 Å². The monoisotopic (exact) mass is 304 g/mol. The van der Waals surface area contributed by atoms with Gasteiger partial charge in [-0.3, -0.25) is 4.79 Å². The average molecular weight is 304 g/mol. The first-order valence-corrected chi connectivity index (χ1v) is 8.37. The number of ether oxygens (including phenoxy) is 1. The van der Waals surface area contributed by atoms with Gasteiger partial charge in [0.05, 0.1) is 6.61 Å². The van der Waals surface area contributed by atoms with Crippen LogP contribution in [0.4, 0.5) is 0 Å². The van der Waals surface area contributed by atoms with E-state index in [4.69, 9.17) is 10.5 Å². The van der Waals surface area contributed by atoms with Crippen LogP contribution in [0.15, 0.2) is 24.3 Å². The van der Waals surface area contributed by atoms with Crippen LogP contribution < -0.4 is 10.5 Å². The Balaban J connectivity index is 1.79. The highest BCUT2D eigenvalue weighted by Crippen LogP contribution is 2.24. The lowest BCUT2D eigenvalue weighted by Gasteiger charge is -2.39. The van der Waals surface area contributed by atoms with E-state index < -0.39 is 0 Å². The number of benzene rings is 1. The van der Waals surface area contributed by atoms with Gasteiger partial charge in [-0.05, 0) is 43.5 Å². The minimum absolute atomic E-state index is 0.0615. The number of rotatable bonds is 8. The van der Waals surface area contributed by atoms with E-state index in [-0.39, 0.29) is 18.0 Å². The van der Waals surface area contributed by atoms with Crippen molar-refractivity contribution in [1.82, 2.24) is 4.90 Å². The molecule has 1 fully saturated rings. The molecule has 4 heteroatoms. The van der Waals surface area contributed by atoms with E-state index in [9.17, 15) is 4.79 Å². The molecule has 0 bridgehead atoms. The van der Waals surface area contributed by atoms with Gasteiger partial charge in [-0.15, -0.1) is 0 Å². The van der Waals surface area contributed by atoms with Crippen molar-refractivity contribution in [3.05, 3.63) is 29.8 Å². The van der Waals surface area contributed by atoms with Crippen LogP contribution >= 0.6 is 0 Å². The summed E-state index contributed by atoms with van der Waals surface area (Å²) in [7, 11) is 1.86. The van der Waals surface area contributed by atoms with Crippen LogP contribution in [-0.4, -0.2) is 36.5 Å². The van der Waals surface area contributed by atoms with Gasteiger partial charge in [-0.2, -0.15) is 0 Å². The summed E-state index contributed by atoms with van der Waals surface area (Å²) in [5, 5.41) is 0. The summed E-state index contributed by atoms with van der Waals surface area (Å²) >= 11 is 0. The molecule has 22 heavy (non-hydrogen) atoms. The van der Waals surface area contributed by atoms with Crippen molar-refractivity contribution in [1.29, 1.82) is 0 Å². The van der Waals surface area contributed by atoms with E-state index in [1.54, 1.807) is 0 Å². The zero-order chi connectivity index (χ0) is 15.9. The van der Waals surface area contributed by atoms with Gasteiger partial charge in [-0.1, -0.05) is 26.2 Å². The van der Waals surface area contributed by atoms with E-state index in [0.29, 0.717) is 5.56 Å². The highest BCUT2D eigenvalue weighted by molar-refractivity contribution is 5.94. The summed E-state index contributed by atoms with van der Waals surface area (Å²) < 4.78 is 5.70. The van der Waals surface area contributed by atoms with Crippen molar-refractivity contribution in [3.63, 3.8) is 0 Å². The summed E-state index contributed by atoms with van der Waals surface area (Å²) in [4.78, 5) is 14.2. The van der Waals surface area contributed by atoms with Crippen LogP contribution in [0.5, 0.6) is 5.75 Å². The molecule has 0 saturated heterocycles. The average Bonchev–Trinajstić information content (AvgIpc) is 2.51. The molecule has 0 unspecified atom stereocenters. The van der Waals surface area contributed by atoms with Gasteiger partial charge in [0, 0.05) is 24.7 Å². The van der Waals surface area contributed by atoms with Crippen LogP contribution in [0.25, 0.3) is 0 Å². The molecule has 0 spiro atoms. The molecule has 0 radical (unpaired) electrons. The zero-order valence-electron chi connectivity index (χ0n) is 13.8. The molecular weight excluding hydrogens is 276 g/mol. The Morgan fingerprint density at radius 2 is 1.91 bits per heavy atom. The molecule has 1 aromatic rings. The van der Waals surface area contributed by atoms with E-state index in [2.05, 4.69) is 6.92 Å². The lowest BCUT2D eigenvalue weighted by Crippen LogP contribution is -2.51. The fourth-order valence-electron chi connectivity index (χ4n) is 2.73. The number of hydrogen-bond donors (Lipinski definition) is 1. The second-order valence-electron chi connectivity index (χ2n) is 6.23. The predicted molar refractivity (Wildman–Crippen MR) is 89.2 cm³/mol. The number of hydrogen-bond acceptors (Lipinski definition) is 3. The second-order valence-corrected chi connectivity index (χ2v) is 6.23. The molecule has 2 rings (SSSR count). The third kappa shape index (κ3) is 4.47. The smallest absolute Gasteiger partial charge is 0.253 e. The maximum absolute atomic E-state index is 12.4. The van der Waals surface area contributed by atoms with E-state index in [0.717, 1.165) is 31.6 Å². The van der Waals surface area contributed by atoms with Crippen LogP contribution in [0.2, 0.25) is 0 Å². The Morgan fingerprint density at radius 3 is 2.50 bits per heavy atom. The van der Waals surface area contributed by atoms with E-state index >= 15 is 0 Å². The van der Waals surface area contributed by atoms with Crippen LogP contribution in [0.3, 0.4) is 0 Å². The van der Waals surface area contributed by atoms with Gasteiger partial charge in [0.25, 0.3) is 5.91 Å². The van der Waals surface area contributed by atoms with Crippen molar-refractivity contribution in [2.45, 2.75) is 57.5 Å². The van der Waals surface area contributed by atoms with Gasteiger partial charge in [-0.25, -0.2) is 0 Å². The molecule has 0 aliphatic heterocycles. The maximum atomic E-state index is 12.4. The molecule has 4 nitrogen and oxygen atoms in total. The topological polar surface area (TPSA) is 55.6 Å². The number of unbranched alkanes of at least 4 members (excludes halogenated alkanes) is 3. The molecule has 1 aliphatic carbocycles. The standard InChI is InChI=1S/C18H28N2O2/c1-3-4-5-6-11-22-17-9-7-14(8-10-17)18(21)20(2)16-12-15(19)13-16/h7-10,15-16H,3-6,11-13,19H2,1-2H3. The summed E-state index contributed by atoms with van der Waals surface area (Å²) in [6, 6.07) is 8.00. The summed E-state index contributed by atoms with van der Waals surface area (Å²) in [5.74, 6) is 0.896. The molecule has 2 N–H and O–H groups in total. The minimum Gasteiger partial charge on any atom is -0.494 e. The predicted octanol–water partition coefficient (Wildman–Crippen LogP) is 3.21. The third-order valence-corrected chi connectivity index (χ3v) is 4.39. The van der Waals surface area contributed by atoms with Crippen LogP contribution in [0, 0.1) is 0 Å². The molecular formula is C18H28N2O2. The first-order valence-electron chi connectivity index (χ1n) is 8.37.